The van der Waals surface area contributed by atoms with Crippen LogP contribution in [0.25, 0.3) is 10.9 Å². The van der Waals surface area contributed by atoms with E-state index in [1.807, 2.05) is 24.3 Å². The third-order valence-electron chi connectivity index (χ3n) is 1.77. The summed E-state index contributed by atoms with van der Waals surface area (Å²) in [7, 11) is 1.64. The summed E-state index contributed by atoms with van der Waals surface area (Å²) in [4.78, 5) is 0. The summed E-state index contributed by atoms with van der Waals surface area (Å²) in [6.07, 6.45) is 0. The lowest BCUT2D eigenvalue weighted by molar-refractivity contribution is 0.415. The van der Waals surface area contributed by atoms with Crippen LogP contribution >= 0.6 is 22.6 Å². The van der Waals surface area contributed by atoms with Crippen molar-refractivity contribution in [3.05, 3.63) is 28.0 Å². The lowest BCUT2D eigenvalue weighted by Gasteiger charge is -2.00. The smallest absolute Gasteiger partial charge is 0.124 e. The van der Waals surface area contributed by atoms with Crippen molar-refractivity contribution in [2.75, 3.05) is 7.11 Å². The zero-order valence-electron chi connectivity index (χ0n) is 6.99. The van der Waals surface area contributed by atoms with E-state index in [9.17, 15) is 0 Å². The molecular weight excluding hydrogens is 279 g/mol. The molecule has 4 heteroatoms. The molecule has 13 heavy (non-hydrogen) atoms. The topological polar surface area (TPSA) is 35.0 Å². The summed E-state index contributed by atoms with van der Waals surface area (Å²) in [5, 5.41) is 9.10. The van der Waals surface area contributed by atoms with Crippen LogP contribution in [0.15, 0.2) is 24.3 Å². The van der Waals surface area contributed by atoms with Gasteiger partial charge in [-0.1, -0.05) is 0 Å². The highest BCUT2D eigenvalue weighted by Crippen LogP contribution is 2.18. The lowest BCUT2D eigenvalue weighted by Crippen LogP contribution is -1.88. The predicted octanol–water partition coefficient (Wildman–Crippen LogP) is 2.24. The van der Waals surface area contributed by atoms with Crippen LogP contribution in [0.3, 0.4) is 0 Å². The van der Waals surface area contributed by atoms with E-state index in [1.54, 1.807) is 7.11 Å². The second-order valence-corrected chi connectivity index (χ2v) is 3.70. The number of nitrogens with zero attached hydrogens (tertiary/aromatic N) is 2. The largest absolute Gasteiger partial charge is 0.497 e. The van der Waals surface area contributed by atoms with Crippen molar-refractivity contribution in [1.29, 1.82) is 0 Å². The molecule has 0 aliphatic carbocycles. The van der Waals surface area contributed by atoms with Crippen molar-refractivity contribution in [2.24, 2.45) is 0 Å². The summed E-state index contributed by atoms with van der Waals surface area (Å²) in [6.45, 7) is 0. The first-order valence-corrected chi connectivity index (χ1v) is 4.84. The van der Waals surface area contributed by atoms with Gasteiger partial charge in [0.2, 0.25) is 0 Å². The van der Waals surface area contributed by atoms with E-state index >= 15 is 0 Å². The van der Waals surface area contributed by atoms with Crippen LogP contribution in [0.4, 0.5) is 0 Å². The number of hydrogen-bond donors (Lipinski definition) is 0. The first-order chi connectivity index (χ1) is 6.29. The number of rotatable bonds is 1. The quantitative estimate of drug-likeness (QED) is 0.754. The first kappa shape index (κ1) is 8.68. The normalized spacial score (nSPS) is 10.3. The molecule has 3 nitrogen and oxygen atoms in total. The summed E-state index contributed by atoms with van der Waals surface area (Å²) in [5.74, 6) is 0.808. The minimum Gasteiger partial charge on any atom is -0.497 e. The Morgan fingerprint density at radius 3 is 2.85 bits per heavy atom. The summed E-state index contributed by atoms with van der Waals surface area (Å²) in [6, 6.07) is 7.76. The Labute approximate surface area is 89.3 Å². The fourth-order valence-corrected chi connectivity index (χ4v) is 1.56. The molecule has 0 bridgehead atoms. The van der Waals surface area contributed by atoms with E-state index in [1.165, 1.54) is 0 Å². The number of ether oxygens (including phenoxy) is 1. The number of methoxy groups -OCH3 is 1. The van der Waals surface area contributed by atoms with Crippen LogP contribution in [0.1, 0.15) is 0 Å². The monoisotopic (exact) mass is 286 g/mol. The molecule has 0 saturated carbocycles. The predicted molar refractivity (Wildman–Crippen MR) is 58.8 cm³/mol. The molecule has 1 heterocycles. The van der Waals surface area contributed by atoms with Gasteiger partial charge in [-0.3, -0.25) is 0 Å². The molecule has 0 atom stereocenters. The number of hydrogen-bond acceptors (Lipinski definition) is 3. The van der Waals surface area contributed by atoms with E-state index in [0.29, 0.717) is 0 Å². The van der Waals surface area contributed by atoms with Gasteiger partial charge in [0.15, 0.2) is 0 Å². The molecule has 0 spiro atoms. The number of aromatic nitrogens is 2. The summed E-state index contributed by atoms with van der Waals surface area (Å²) < 4.78 is 5.98. The highest BCUT2D eigenvalue weighted by Gasteiger charge is 1.98. The Morgan fingerprint density at radius 2 is 2.08 bits per heavy atom. The lowest BCUT2D eigenvalue weighted by atomic mass is 10.2. The van der Waals surface area contributed by atoms with Gasteiger partial charge in [0, 0.05) is 11.5 Å². The van der Waals surface area contributed by atoms with Crippen LogP contribution < -0.4 is 4.74 Å². The van der Waals surface area contributed by atoms with Gasteiger partial charge in [-0.05, 0) is 40.8 Å². The fourth-order valence-electron chi connectivity index (χ4n) is 1.12. The van der Waals surface area contributed by atoms with Crippen LogP contribution in [0, 0.1) is 3.70 Å². The van der Waals surface area contributed by atoms with E-state index in [0.717, 1.165) is 20.4 Å². The molecule has 0 aliphatic heterocycles. The molecule has 0 saturated heterocycles. The number of fused-ring (bicyclic) bond motifs is 1. The molecular formula is C9H7IN2O. The van der Waals surface area contributed by atoms with Crippen LogP contribution in [-0.4, -0.2) is 17.3 Å². The van der Waals surface area contributed by atoms with E-state index in [-0.39, 0.29) is 0 Å². The summed E-state index contributed by atoms with van der Waals surface area (Å²) in [5.41, 5.74) is 0.861. The summed E-state index contributed by atoms with van der Waals surface area (Å²) >= 11 is 2.14. The van der Waals surface area contributed by atoms with Gasteiger partial charge >= 0.3 is 0 Å². The van der Waals surface area contributed by atoms with Gasteiger partial charge in [-0.25, -0.2) is 0 Å². The van der Waals surface area contributed by atoms with Gasteiger partial charge in [0.05, 0.1) is 12.6 Å². The molecule has 0 N–H and O–H groups in total. The highest BCUT2D eigenvalue weighted by molar-refractivity contribution is 14.1. The van der Waals surface area contributed by atoms with Crippen molar-refractivity contribution >= 4 is 33.5 Å². The van der Waals surface area contributed by atoms with Crippen molar-refractivity contribution in [3.63, 3.8) is 0 Å². The Hall–Kier alpha value is -0.910. The molecule has 0 amide bonds. The SMILES string of the molecule is COc1ccc2cc(I)nnc2c1. The van der Waals surface area contributed by atoms with E-state index in [2.05, 4.69) is 32.8 Å². The minimum atomic E-state index is 0.808. The Kier molecular flexibility index (Phi) is 2.30. The number of benzene rings is 1. The van der Waals surface area contributed by atoms with Gasteiger partial charge < -0.3 is 4.74 Å². The van der Waals surface area contributed by atoms with Crippen molar-refractivity contribution in [3.8, 4) is 5.75 Å². The Bertz CT molecular complexity index is 445. The zero-order valence-corrected chi connectivity index (χ0v) is 9.15. The van der Waals surface area contributed by atoms with Crippen molar-refractivity contribution in [1.82, 2.24) is 10.2 Å². The zero-order chi connectivity index (χ0) is 9.26. The van der Waals surface area contributed by atoms with Crippen LogP contribution in [-0.2, 0) is 0 Å². The van der Waals surface area contributed by atoms with Gasteiger partial charge in [-0.15, -0.1) is 10.2 Å². The molecule has 0 aliphatic rings. The maximum atomic E-state index is 5.08. The van der Waals surface area contributed by atoms with Crippen molar-refractivity contribution in [2.45, 2.75) is 0 Å². The van der Waals surface area contributed by atoms with E-state index < -0.39 is 0 Å². The maximum Gasteiger partial charge on any atom is 0.124 e. The second kappa shape index (κ2) is 3.45. The Morgan fingerprint density at radius 1 is 1.23 bits per heavy atom. The molecule has 0 unspecified atom stereocenters. The average Bonchev–Trinajstić information content (AvgIpc) is 2.17. The maximum absolute atomic E-state index is 5.08. The molecule has 0 fully saturated rings. The van der Waals surface area contributed by atoms with Crippen LogP contribution in [0.5, 0.6) is 5.75 Å². The molecule has 2 rings (SSSR count). The third-order valence-corrected chi connectivity index (χ3v) is 2.29. The Balaban J connectivity index is 2.66. The van der Waals surface area contributed by atoms with Crippen LogP contribution in [0.2, 0.25) is 0 Å². The third kappa shape index (κ3) is 1.72. The average molecular weight is 286 g/mol. The molecule has 0 radical (unpaired) electrons. The second-order valence-electron chi connectivity index (χ2n) is 2.59. The van der Waals surface area contributed by atoms with Gasteiger partial charge in [0.1, 0.15) is 9.45 Å². The van der Waals surface area contributed by atoms with Crippen molar-refractivity contribution < 1.29 is 4.74 Å². The molecule has 1 aromatic heterocycles. The fraction of sp³-hybridized carbons (Fsp3) is 0.111. The minimum absolute atomic E-state index is 0.808. The first-order valence-electron chi connectivity index (χ1n) is 3.76. The molecule has 66 valence electrons. The van der Waals surface area contributed by atoms with Gasteiger partial charge in [-0.2, -0.15) is 0 Å². The highest BCUT2D eigenvalue weighted by atomic mass is 127. The van der Waals surface area contributed by atoms with Gasteiger partial charge in [0.25, 0.3) is 0 Å². The van der Waals surface area contributed by atoms with E-state index in [4.69, 9.17) is 4.74 Å². The molecule has 1 aromatic carbocycles. The number of halogens is 1. The standard InChI is InChI=1S/C9H7IN2O/c1-13-7-3-2-6-4-9(10)12-11-8(6)5-7/h2-5H,1H3. The molecule has 2 aromatic rings.